The number of hydrogen-bond acceptors (Lipinski definition) is 4. The summed E-state index contributed by atoms with van der Waals surface area (Å²) in [5.74, 6) is 0.772. The molecule has 0 aromatic heterocycles. The van der Waals surface area contributed by atoms with Crippen LogP contribution >= 0.6 is 0 Å². The third-order valence-electron chi connectivity index (χ3n) is 7.77. The zero-order valence-electron chi connectivity index (χ0n) is 21.5. The van der Waals surface area contributed by atoms with E-state index < -0.39 is 5.60 Å². The van der Waals surface area contributed by atoms with Gasteiger partial charge >= 0.3 is 0 Å². The summed E-state index contributed by atoms with van der Waals surface area (Å²) in [5.41, 5.74) is 5.07. The van der Waals surface area contributed by atoms with Crippen LogP contribution in [0.5, 0.6) is 5.75 Å². The van der Waals surface area contributed by atoms with Gasteiger partial charge in [0.25, 0.3) is 0 Å². The van der Waals surface area contributed by atoms with Gasteiger partial charge in [-0.25, -0.2) is 0 Å². The van der Waals surface area contributed by atoms with Gasteiger partial charge in [0, 0.05) is 59.2 Å². The van der Waals surface area contributed by atoms with Gasteiger partial charge < -0.3 is 15.0 Å². The van der Waals surface area contributed by atoms with Crippen LogP contribution in [0.15, 0.2) is 84.9 Å². The number of Topliss-reactive ketones (excluding diaryl/α,β-unsaturated/α-hetero) is 1. The van der Waals surface area contributed by atoms with Gasteiger partial charge in [0.2, 0.25) is 0 Å². The van der Waals surface area contributed by atoms with Crippen LogP contribution in [0.3, 0.4) is 0 Å². The minimum Gasteiger partial charge on any atom is -0.472 e. The van der Waals surface area contributed by atoms with Crippen LogP contribution in [-0.2, 0) is 5.60 Å². The van der Waals surface area contributed by atoms with Gasteiger partial charge in [0.1, 0.15) is 5.75 Å². The van der Waals surface area contributed by atoms with Gasteiger partial charge in [-0.05, 0) is 74.1 Å². The van der Waals surface area contributed by atoms with E-state index in [1.54, 1.807) is 6.92 Å². The normalized spacial score (nSPS) is 18.8. The average Bonchev–Trinajstić information content (AvgIpc) is 2.97. The fourth-order valence-electron chi connectivity index (χ4n) is 5.73. The summed E-state index contributed by atoms with van der Waals surface area (Å²) < 4.78 is 7.10. The molecule has 1 atom stereocenters. The molecule has 1 unspecified atom stereocenters. The molecule has 0 amide bonds. The first-order valence-electron chi connectivity index (χ1n) is 13.2. The highest BCUT2D eigenvalue weighted by Crippen LogP contribution is 2.47. The van der Waals surface area contributed by atoms with E-state index in [0.29, 0.717) is 5.56 Å². The number of nitrogens with zero attached hydrogens (tertiary/aromatic N) is 1. The van der Waals surface area contributed by atoms with Crippen molar-refractivity contribution in [3.05, 3.63) is 107 Å². The smallest absolute Gasteiger partial charge is 0.178 e. The molecule has 4 aromatic rings. The lowest BCUT2D eigenvalue weighted by Gasteiger charge is -2.37. The third kappa shape index (κ3) is 4.07. The van der Waals surface area contributed by atoms with E-state index in [1.165, 1.54) is 24.9 Å². The summed E-state index contributed by atoms with van der Waals surface area (Å²) in [5, 5.41) is 5.21. The Morgan fingerprint density at radius 1 is 0.892 bits per heavy atom. The van der Waals surface area contributed by atoms with Crippen molar-refractivity contribution in [2.45, 2.75) is 31.8 Å². The molecule has 6 rings (SSSR count). The van der Waals surface area contributed by atoms with Gasteiger partial charge in [0.15, 0.2) is 11.4 Å². The number of carbonyl (C=O) groups excluding carboxylic acids is 1. The number of benzene rings is 4. The molecule has 0 aliphatic carbocycles. The first-order chi connectivity index (χ1) is 18.1. The molecule has 37 heavy (non-hydrogen) atoms. The highest BCUT2D eigenvalue weighted by molar-refractivity contribution is 6.06. The Bertz CT molecular complexity index is 1480. The van der Waals surface area contributed by atoms with Crippen LogP contribution in [0, 0.1) is 0 Å². The number of ether oxygens (including phenoxy) is 1. The molecule has 0 spiro atoms. The summed E-state index contributed by atoms with van der Waals surface area (Å²) in [6, 6.07) is 27.4. The predicted octanol–water partition coefficient (Wildman–Crippen LogP) is 7.42. The third-order valence-corrected chi connectivity index (χ3v) is 7.77. The van der Waals surface area contributed by atoms with Crippen molar-refractivity contribution >= 4 is 34.0 Å². The molecule has 2 aliphatic heterocycles. The molecule has 186 valence electrons. The standard InChI is InChI=1S/C33H32N2O2/c1-23(36)30-21-24-11-14-27(34-2)22-31(24)32-29(30)17-18-33(37-32,25-9-5-3-6-10-25)26-12-15-28(16-13-26)35-19-7-4-8-20-35/h3,5-6,9-18,21-22,34H,4,7-8,19-20H2,1-2H3. The molecule has 1 saturated heterocycles. The Kier molecular flexibility index (Phi) is 5.96. The quantitative estimate of drug-likeness (QED) is 0.297. The lowest BCUT2D eigenvalue weighted by Crippen LogP contribution is -2.35. The van der Waals surface area contributed by atoms with Crippen LogP contribution in [0.1, 0.15) is 53.2 Å². The molecular weight excluding hydrogens is 456 g/mol. The van der Waals surface area contributed by atoms with Crippen molar-refractivity contribution in [3.8, 4) is 5.75 Å². The van der Waals surface area contributed by atoms with Crippen LogP contribution in [0.25, 0.3) is 16.8 Å². The van der Waals surface area contributed by atoms with E-state index in [9.17, 15) is 4.79 Å². The number of anilines is 2. The lowest BCUT2D eigenvalue weighted by atomic mass is 9.82. The highest BCUT2D eigenvalue weighted by atomic mass is 16.5. The SMILES string of the molecule is CNc1ccc2cc(C(C)=O)c3c(c2c1)OC(c1ccccc1)(c1ccc(N2CCCCC2)cc1)C=C3. The molecule has 0 bridgehead atoms. The molecule has 1 N–H and O–H groups in total. The molecule has 4 heteroatoms. The number of rotatable bonds is 5. The van der Waals surface area contributed by atoms with Gasteiger partial charge in [-0.1, -0.05) is 48.5 Å². The maximum atomic E-state index is 12.7. The molecule has 0 saturated carbocycles. The van der Waals surface area contributed by atoms with E-state index in [-0.39, 0.29) is 5.78 Å². The number of hydrogen-bond donors (Lipinski definition) is 1. The molecule has 2 aliphatic rings. The van der Waals surface area contributed by atoms with Crippen molar-refractivity contribution in [1.29, 1.82) is 0 Å². The summed E-state index contributed by atoms with van der Waals surface area (Å²) in [7, 11) is 1.91. The highest BCUT2D eigenvalue weighted by Gasteiger charge is 2.38. The fourth-order valence-corrected chi connectivity index (χ4v) is 5.73. The molecule has 4 aromatic carbocycles. The number of piperidine rings is 1. The lowest BCUT2D eigenvalue weighted by molar-refractivity contribution is 0.101. The van der Waals surface area contributed by atoms with E-state index >= 15 is 0 Å². The second-order valence-electron chi connectivity index (χ2n) is 10.0. The first kappa shape index (κ1) is 23.4. The van der Waals surface area contributed by atoms with Crippen LogP contribution in [-0.4, -0.2) is 25.9 Å². The second kappa shape index (κ2) is 9.44. The van der Waals surface area contributed by atoms with E-state index in [1.807, 2.05) is 31.3 Å². The van der Waals surface area contributed by atoms with E-state index in [4.69, 9.17) is 4.74 Å². The van der Waals surface area contributed by atoms with Crippen molar-refractivity contribution < 1.29 is 9.53 Å². The fraction of sp³-hybridized carbons (Fsp3) is 0.242. The largest absolute Gasteiger partial charge is 0.472 e. The van der Waals surface area contributed by atoms with E-state index in [0.717, 1.165) is 52.0 Å². The van der Waals surface area contributed by atoms with Gasteiger partial charge in [0.05, 0.1) is 0 Å². The van der Waals surface area contributed by atoms with Crippen molar-refractivity contribution in [2.75, 3.05) is 30.4 Å². The Hall–Kier alpha value is -4.05. The summed E-state index contributed by atoms with van der Waals surface area (Å²) in [6.07, 6.45) is 8.00. The maximum absolute atomic E-state index is 12.7. The summed E-state index contributed by atoms with van der Waals surface area (Å²) >= 11 is 0. The van der Waals surface area contributed by atoms with Crippen molar-refractivity contribution in [3.63, 3.8) is 0 Å². The molecular formula is C33H32N2O2. The number of fused-ring (bicyclic) bond motifs is 3. The minimum absolute atomic E-state index is 0.0298. The van der Waals surface area contributed by atoms with Crippen LogP contribution in [0.2, 0.25) is 0 Å². The number of ketones is 1. The Morgan fingerprint density at radius 3 is 2.32 bits per heavy atom. The average molecular weight is 489 g/mol. The van der Waals surface area contributed by atoms with Crippen LogP contribution in [0.4, 0.5) is 11.4 Å². The predicted molar refractivity (Wildman–Crippen MR) is 153 cm³/mol. The molecule has 4 nitrogen and oxygen atoms in total. The first-order valence-corrected chi connectivity index (χ1v) is 13.2. The minimum atomic E-state index is -0.813. The Labute approximate surface area is 218 Å². The summed E-state index contributed by atoms with van der Waals surface area (Å²) in [4.78, 5) is 15.1. The zero-order chi connectivity index (χ0) is 25.4. The van der Waals surface area contributed by atoms with Gasteiger partial charge in [-0.15, -0.1) is 0 Å². The Balaban J connectivity index is 1.53. The second-order valence-corrected chi connectivity index (χ2v) is 10.0. The topological polar surface area (TPSA) is 41.6 Å². The Morgan fingerprint density at radius 2 is 1.62 bits per heavy atom. The number of nitrogens with one attached hydrogen (secondary N) is 1. The van der Waals surface area contributed by atoms with Gasteiger partial charge in [-0.3, -0.25) is 4.79 Å². The van der Waals surface area contributed by atoms with Gasteiger partial charge in [-0.2, -0.15) is 0 Å². The maximum Gasteiger partial charge on any atom is 0.178 e. The van der Waals surface area contributed by atoms with Crippen molar-refractivity contribution in [2.24, 2.45) is 0 Å². The molecule has 0 radical (unpaired) electrons. The zero-order valence-corrected chi connectivity index (χ0v) is 21.5. The van der Waals surface area contributed by atoms with E-state index in [2.05, 4.69) is 77.0 Å². The van der Waals surface area contributed by atoms with Crippen LogP contribution < -0.4 is 15.0 Å². The molecule has 1 fully saturated rings. The monoisotopic (exact) mass is 488 g/mol. The summed E-state index contributed by atoms with van der Waals surface area (Å²) in [6.45, 7) is 3.84. The van der Waals surface area contributed by atoms with Crippen molar-refractivity contribution in [1.82, 2.24) is 0 Å². The number of carbonyl (C=O) groups is 1. The molecule has 2 heterocycles.